The molecular weight excluding hydrogens is 528 g/mol. The van der Waals surface area contributed by atoms with Crippen molar-refractivity contribution < 1.29 is 14.6 Å². The summed E-state index contributed by atoms with van der Waals surface area (Å²) in [5.41, 5.74) is 2.06. The Bertz CT molecular complexity index is 1700. The molecule has 1 aromatic heterocycles. The van der Waals surface area contributed by atoms with Gasteiger partial charge in [0.1, 0.15) is 5.75 Å². The normalized spacial score (nSPS) is 11.2. The van der Waals surface area contributed by atoms with Crippen molar-refractivity contribution in [3.05, 3.63) is 147 Å². The Kier molecular flexibility index (Phi) is 9.29. The summed E-state index contributed by atoms with van der Waals surface area (Å²) in [6.07, 6.45) is 4.59. The molecule has 42 heavy (non-hydrogen) atoms. The van der Waals surface area contributed by atoms with Crippen molar-refractivity contribution in [1.82, 2.24) is 9.13 Å². The van der Waals surface area contributed by atoms with Gasteiger partial charge in [0, 0.05) is 6.54 Å². The summed E-state index contributed by atoms with van der Waals surface area (Å²) in [6, 6.07) is 32.6. The Morgan fingerprint density at radius 1 is 0.690 bits per heavy atom. The zero-order valence-corrected chi connectivity index (χ0v) is 23.4. The van der Waals surface area contributed by atoms with E-state index in [9.17, 15) is 14.4 Å². The van der Waals surface area contributed by atoms with Crippen molar-refractivity contribution >= 4 is 16.9 Å². The van der Waals surface area contributed by atoms with Gasteiger partial charge in [-0.25, -0.2) is 14.2 Å². The number of ether oxygens (including phenoxy) is 1. The number of unbranched alkanes of at least 4 members (excludes halogenated alkanes) is 4. The van der Waals surface area contributed by atoms with Gasteiger partial charge in [0.25, 0.3) is 5.56 Å². The lowest BCUT2D eigenvalue weighted by Crippen LogP contribution is -2.43. The minimum Gasteiger partial charge on any atom is -0.494 e. The van der Waals surface area contributed by atoms with Crippen LogP contribution in [-0.4, -0.2) is 26.8 Å². The Labute approximate surface area is 244 Å². The number of para-hydroxylation sites is 1. The molecule has 214 valence electrons. The summed E-state index contributed by atoms with van der Waals surface area (Å²) in [4.78, 5) is 38.9. The van der Waals surface area contributed by atoms with Crippen molar-refractivity contribution in [2.45, 2.75) is 44.7 Å². The second-order valence-corrected chi connectivity index (χ2v) is 10.3. The highest BCUT2D eigenvalue weighted by Gasteiger charge is 2.23. The van der Waals surface area contributed by atoms with E-state index in [0.717, 1.165) is 43.2 Å². The van der Waals surface area contributed by atoms with Crippen LogP contribution < -0.4 is 16.0 Å². The molecule has 0 saturated heterocycles. The Balaban J connectivity index is 1.28. The second kappa shape index (κ2) is 13.6. The maximum atomic E-state index is 14.1. The van der Waals surface area contributed by atoms with E-state index in [1.54, 1.807) is 22.8 Å². The molecule has 0 aliphatic carbocycles. The quantitative estimate of drug-likeness (QED) is 0.165. The molecule has 0 fully saturated rings. The van der Waals surface area contributed by atoms with Gasteiger partial charge in [-0.2, -0.15) is 0 Å². The second-order valence-electron chi connectivity index (χ2n) is 10.3. The molecule has 0 amide bonds. The Morgan fingerprint density at radius 2 is 1.26 bits per heavy atom. The summed E-state index contributed by atoms with van der Waals surface area (Å²) < 4.78 is 8.89. The number of aromatic carboxylic acids is 1. The highest BCUT2D eigenvalue weighted by molar-refractivity contribution is 5.87. The monoisotopic (exact) mass is 562 g/mol. The van der Waals surface area contributed by atoms with Gasteiger partial charge < -0.3 is 9.84 Å². The standard InChI is InChI=1S/C35H34N2O5/c38-33-30-18-10-11-19-31(30)36(24-12-2-1-3-13-25-42-29-22-20-28(21-23-29)34(39)40)35(41)37(33)32(26-14-6-4-7-15-26)27-16-8-5-9-17-27/h4-11,14-23,32H,1-3,12-13,24-25H2,(H,39,40). The summed E-state index contributed by atoms with van der Waals surface area (Å²) in [5.74, 6) is -0.298. The lowest BCUT2D eigenvalue weighted by molar-refractivity contribution is 0.0697. The molecule has 7 nitrogen and oxygen atoms in total. The Hall–Kier alpha value is -4.91. The molecule has 1 N–H and O–H groups in total. The van der Waals surface area contributed by atoms with E-state index in [4.69, 9.17) is 9.84 Å². The number of rotatable bonds is 13. The van der Waals surface area contributed by atoms with Gasteiger partial charge in [0.2, 0.25) is 0 Å². The number of nitrogens with zero attached hydrogens (tertiary/aromatic N) is 2. The van der Waals surface area contributed by atoms with Crippen LogP contribution in [0.15, 0.2) is 119 Å². The SMILES string of the molecule is O=C(O)c1ccc(OCCCCCCCn2c(=O)n(C(c3ccccc3)c3ccccc3)c(=O)c3ccccc32)cc1. The molecule has 0 bridgehead atoms. The maximum absolute atomic E-state index is 14.1. The fourth-order valence-electron chi connectivity index (χ4n) is 5.33. The van der Waals surface area contributed by atoms with E-state index in [-0.39, 0.29) is 16.8 Å². The molecule has 0 unspecified atom stereocenters. The molecule has 0 spiro atoms. The van der Waals surface area contributed by atoms with Crippen molar-refractivity contribution in [3.8, 4) is 5.75 Å². The highest BCUT2D eigenvalue weighted by atomic mass is 16.5. The molecule has 1 heterocycles. The third-order valence-corrected chi connectivity index (χ3v) is 7.47. The summed E-state index contributed by atoms with van der Waals surface area (Å²) in [7, 11) is 0. The fourth-order valence-corrected chi connectivity index (χ4v) is 5.33. The van der Waals surface area contributed by atoms with Crippen LogP contribution in [0.3, 0.4) is 0 Å². The van der Waals surface area contributed by atoms with E-state index in [1.807, 2.05) is 78.9 Å². The van der Waals surface area contributed by atoms with Crippen LogP contribution in [0.1, 0.15) is 59.6 Å². The molecule has 0 aliphatic rings. The van der Waals surface area contributed by atoms with Gasteiger partial charge in [0.15, 0.2) is 0 Å². The molecule has 0 radical (unpaired) electrons. The molecule has 7 heteroatoms. The summed E-state index contributed by atoms with van der Waals surface area (Å²) in [5, 5.41) is 9.53. The zero-order valence-electron chi connectivity index (χ0n) is 23.4. The van der Waals surface area contributed by atoms with Gasteiger partial charge in [-0.15, -0.1) is 0 Å². The van der Waals surface area contributed by atoms with Crippen LogP contribution in [0.25, 0.3) is 10.9 Å². The smallest absolute Gasteiger partial charge is 0.335 e. The number of fused-ring (bicyclic) bond motifs is 1. The fraction of sp³-hybridized carbons (Fsp3) is 0.229. The third-order valence-electron chi connectivity index (χ3n) is 7.47. The highest BCUT2D eigenvalue weighted by Crippen LogP contribution is 2.25. The first kappa shape index (κ1) is 28.6. The largest absolute Gasteiger partial charge is 0.494 e. The van der Waals surface area contributed by atoms with Crippen molar-refractivity contribution in [3.63, 3.8) is 0 Å². The number of aryl methyl sites for hydroxylation is 1. The lowest BCUT2D eigenvalue weighted by Gasteiger charge is -2.23. The molecule has 4 aromatic carbocycles. The van der Waals surface area contributed by atoms with Crippen LogP contribution in [0.4, 0.5) is 0 Å². The van der Waals surface area contributed by atoms with E-state index < -0.39 is 12.0 Å². The summed E-state index contributed by atoms with van der Waals surface area (Å²) >= 11 is 0. The van der Waals surface area contributed by atoms with Gasteiger partial charge in [0.05, 0.1) is 29.1 Å². The number of carboxylic acids is 1. The van der Waals surface area contributed by atoms with Gasteiger partial charge >= 0.3 is 11.7 Å². The van der Waals surface area contributed by atoms with E-state index in [1.165, 1.54) is 16.7 Å². The summed E-state index contributed by atoms with van der Waals surface area (Å²) in [6.45, 7) is 1.07. The van der Waals surface area contributed by atoms with Crippen LogP contribution in [0.5, 0.6) is 5.75 Å². The van der Waals surface area contributed by atoms with E-state index in [2.05, 4.69) is 0 Å². The molecule has 5 rings (SSSR count). The van der Waals surface area contributed by atoms with E-state index >= 15 is 0 Å². The molecule has 5 aromatic rings. The average molecular weight is 563 g/mol. The number of carbonyl (C=O) groups is 1. The third kappa shape index (κ3) is 6.52. The predicted molar refractivity (Wildman–Crippen MR) is 165 cm³/mol. The number of carboxylic acid groups (broad SMARTS) is 1. The first-order valence-electron chi connectivity index (χ1n) is 14.3. The minimum absolute atomic E-state index is 0.236. The van der Waals surface area contributed by atoms with Crippen LogP contribution in [0, 0.1) is 0 Å². The van der Waals surface area contributed by atoms with E-state index in [0.29, 0.717) is 29.8 Å². The molecule has 0 saturated carbocycles. The van der Waals surface area contributed by atoms with Crippen molar-refractivity contribution in [2.24, 2.45) is 0 Å². The number of hydrogen-bond acceptors (Lipinski definition) is 4. The molecular formula is C35H34N2O5. The number of hydrogen-bond donors (Lipinski definition) is 1. The average Bonchev–Trinajstić information content (AvgIpc) is 3.03. The number of benzene rings is 4. The van der Waals surface area contributed by atoms with Gasteiger partial charge in [-0.3, -0.25) is 9.36 Å². The lowest BCUT2D eigenvalue weighted by atomic mass is 9.98. The molecule has 0 aliphatic heterocycles. The Morgan fingerprint density at radius 3 is 1.90 bits per heavy atom. The van der Waals surface area contributed by atoms with Crippen molar-refractivity contribution in [1.29, 1.82) is 0 Å². The van der Waals surface area contributed by atoms with Crippen LogP contribution >= 0.6 is 0 Å². The first-order chi connectivity index (χ1) is 20.5. The first-order valence-corrected chi connectivity index (χ1v) is 14.3. The maximum Gasteiger partial charge on any atom is 0.335 e. The number of aromatic nitrogens is 2. The topological polar surface area (TPSA) is 90.5 Å². The minimum atomic E-state index is -0.956. The zero-order chi connectivity index (χ0) is 29.3. The van der Waals surface area contributed by atoms with Gasteiger partial charge in [-0.05, 0) is 60.4 Å². The molecule has 0 atom stereocenters. The van der Waals surface area contributed by atoms with Crippen LogP contribution in [0.2, 0.25) is 0 Å². The van der Waals surface area contributed by atoms with Gasteiger partial charge in [-0.1, -0.05) is 92.1 Å². The van der Waals surface area contributed by atoms with Crippen LogP contribution in [-0.2, 0) is 6.54 Å². The predicted octanol–water partition coefficient (Wildman–Crippen LogP) is 6.53. The van der Waals surface area contributed by atoms with Crippen molar-refractivity contribution in [2.75, 3.05) is 6.61 Å².